The standard InChI is InChI=1S/C19H26N4O3S/c1-3-26-19(25)23-8-6-22(7-9-23)12-17(24)21-18-15(11-20)14-5-4-13(2)10-16(14)27-18/h13H,3-10,12H2,1-2H3,(H,21,24)/t13-/m0/s1. The number of thiophene rings is 1. The van der Waals surface area contributed by atoms with Crippen LogP contribution in [0.3, 0.4) is 0 Å². The maximum Gasteiger partial charge on any atom is 0.409 e. The SMILES string of the molecule is CCOC(=O)N1CCN(CC(=O)Nc2sc3c(c2C#N)CC[C@H](C)C3)CC1. The molecule has 3 rings (SSSR count). The fourth-order valence-corrected chi connectivity index (χ4v) is 5.01. The molecule has 1 aliphatic carbocycles. The fraction of sp³-hybridized carbons (Fsp3) is 0.632. The minimum Gasteiger partial charge on any atom is -0.450 e. The molecule has 1 saturated heterocycles. The zero-order valence-corrected chi connectivity index (χ0v) is 16.7. The molecule has 1 fully saturated rings. The van der Waals surface area contributed by atoms with Crippen molar-refractivity contribution in [2.24, 2.45) is 5.92 Å². The Morgan fingerprint density at radius 3 is 2.74 bits per heavy atom. The van der Waals surface area contributed by atoms with E-state index in [4.69, 9.17) is 4.74 Å². The topological polar surface area (TPSA) is 85.7 Å². The molecule has 0 radical (unpaired) electrons. The first-order valence-electron chi connectivity index (χ1n) is 9.50. The monoisotopic (exact) mass is 390 g/mol. The highest BCUT2D eigenvalue weighted by molar-refractivity contribution is 7.16. The highest BCUT2D eigenvalue weighted by Gasteiger charge is 2.26. The summed E-state index contributed by atoms with van der Waals surface area (Å²) in [5.41, 5.74) is 1.77. The van der Waals surface area contributed by atoms with Gasteiger partial charge in [0.25, 0.3) is 0 Å². The lowest BCUT2D eigenvalue weighted by atomic mass is 9.89. The van der Waals surface area contributed by atoms with E-state index in [9.17, 15) is 14.9 Å². The molecule has 2 aliphatic rings. The van der Waals surface area contributed by atoms with Gasteiger partial charge in [0.05, 0.1) is 18.7 Å². The second-order valence-corrected chi connectivity index (χ2v) is 8.28. The van der Waals surface area contributed by atoms with Gasteiger partial charge in [0.2, 0.25) is 5.91 Å². The van der Waals surface area contributed by atoms with E-state index in [0.717, 1.165) is 24.8 Å². The lowest BCUT2D eigenvalue weighted by molar-refractivity contribution is -0.117. The number of nitrogens with one attached hydrogen (secondary N) is 1. The van der Waals surface area contributed by atoms with Gasteiger partial charge in [-0.1, -0.05) is 6.92 Å². The van der Waals surface area contributed by atoms with Crippen LogP contribution in [0.4, 0.5) is 9.80 Å². The first kappa shape index (κ1) is 19.6. The van der Waals surface area contributed by atoms with Crippen LogP contribution in [0.5, 0.6) is 0 Å². The fourth-order valence-electron chi connectivity index (χ4n) is 3.63. The van der Waals surface area contributed by atoms with Crippen molar-refractivity contribution >= 4 is 28.3 Å². The first-order valence-corrected chi connectivity index (χ1v) is 10.3. The molecule has 1 aromatic heterocycles. The predicted octanol–water partition coefficient (Wildman–Crippen LogP) is 2.46. The maximum absolute atomic E-state index is 12.5. The zero-order valence-electron chi connectivity index (χ0n) is 15.9. The Morgan fingerprint density at radius 1 is 1.33 bits per heavy atom. The number of carbonyl (C=O) groups is 2. The van der Waals surface area contributed by atoms with Crippen LogP contribution in [0.15, 0.2) is 0 Å². The van der Waals surface area contributed by atoms with E-state index in [1.165, 1.54) is 4.88 Å². The van der Waals surface area contributed by atoms with Crippen LogP contribution >= 0.6 is 11.3 Å². The number of fused-ring (bicyclic) bond motifs is 1. The quantitative estimate of drug-likeness (QED) is 0.853. The van der Waals surface area contributed by atoms with Gasteiger partial charge >= 0.3 is 6.09 Å². The Balaban J connectivity index is 1.55. The minimum absolute atomic E-state index is 0.109. The first-order chi connectivity index (χ1) is 13.0. The van der Waals surface area contributed by atoms with E-state index in [0.29, 0.717) is 49.3 Å². The van der Waals surface area contributed by atoms with Crippen LogP contribution in [0.2, 0.25) is 0 Å². The summed E-state index contributed by atoms with van der Waals surface area (Å²) < 4.78 is 5.01. The molecule has 0 aromatic carbocycles. The Labute approximate surface area is 163 Å². The van der Waals surface area contributed by atoms with Crippen molar-refractivity contribution in [2.45, 2.75) is 33.1 Å². The number of piperazine rings is 1. The van der Waals surface area contributed by atoms with Gasteiger partial charge in [0, 0.05) is 31.1 Å². The number of hydrogen-bond acceptors (Lipinski definition) is 6. The average Bonchev–Trinajstić information content (AvgIpc) is 2.98. The smallest absolute Gasteiger partial charge is 0.409 e. The summed E-state index contributed by atoms with van der Waals surface area (Å²) in [5.74, 6) is 0.518. The van der Waals surface area contributed by atoms with Crippen LogP contribution in [0.25, 0.3) is 0 Å². The molecule has 27 heavy (non-hydrogen) atoms. The van der Waals surface area contributed by atoms with E-state index in [-0.39, 0.29) is 18.5 Å². The van der Waals surface area contributed by atoms with E-state index in [1.807, 2.05) is 4.90 Å². The molecule has 1 aliphatic heterocycles. The van der Waals surface area contributed by atoms with Gasteiger partial charge < -0.3 is 15.0 Å². The van der Waals surface area contributed by atoms with Crippen molar-refractivity contribution in [3.8, 4) is 6.07 Å². The number of hydrogen-bond donors (Lipinski definition) is 1. The molecule has 7 nitrogen and oxygen atoms in total. The predicted molar refractivity (Wildman–Crippen MR) is 104 cm³/mol. The molecule has 8 heteroatoms. The molecule has 1 aromatic rings. The van der Waals surface area contributed by atoms with Crippen LogP contribution in [0, 0.1) is 17.2 Å². The minimum atomic E-state index is -0.293. The lowest BCUT2D eigenvalue weighted by Crippen LogP contribution is -2.50. The number of ether oxygens (including phenoxy) is 1. The van der Waals surface area contributed by atoms with Crippen molar-refractivity contribution in [3.05, 3.63) is 16.0 Å². The summed E-state index contributed by atoms with van der Waals surface area (Å²) in [6.45, 7) is 7.03. The molecular weight excluding hydrogens is 364 g/mol. The molecule has 146 valence electrons. The zero-order chi connectivity index (χ0) is 19.4. The lowest BCUT2D eigenvalue weighted by Gasteiger charge is -2.33. The van der Waals surface area contributed by atoms with Gasteiger partial charge in [-0.3, -0.25) is 9.69 Å². The summed E-state index contributed by atoms with van der Waals surface area (Å²) in [6.07, 6.45) is 2.71. The third kappa shape index (κ3) is 4.60. The number of anilines is 1. The Kier molecular flexibility index (Phi) is 6.34. The van der Waals surface area contributed by atoms with E-state index < -0.39 is 0 Å². The summed E-state index contributed by atoms with van der Waals surface area (Å²) in [7, 11) is 0. The second-order valence-electron chi connectivity index (χ2n) is 7.18. The van der Waals surface area contributed by atoms with Gasteiger partial charge in [0.1, 0.15) is 11.1 Å². The van der Waals surface area contributed by atoms with Gasteiger partial charge in [-0.05, 0) is 37.7 Å². The van der Waals surface area contributed by atoms with Crippen LogP contribution in [0.1, 0.15) is 36.3 Å². The molecular formula is C19H26N4O3S. The number of rotatable bonds is 4. The van der Waals surface area contributed by atoms with Crippen LogP contribution in [-0.4, -0.2) is 61.1 Å². The molecule has 1 atom stereocenters. The van der Waals surface area contributed by atoms with Crippen molar-refractivity contribution < 1.29 is 14.3 Å². The Morgan fingerprint density at radius 2 is 2.07 bits per heavy atom. The highest BCUT2D eigenvalue weighted by Crippen LogP contribution is 2.39. The number of carbonyl (C=O) groups excluding carboxylic acids is 2. The number of nitriles is 1. The second kappa shape index (κ2) is 8.72. The van der Waals surface area contributed by atoms with Crippen molar-refractivity contribution in [1.29, 1.82) is 5.26 Å². The van der Waals surface area contributed by atoms with Crippen LogP contribution in [-0.2, 0) is 22.4 Å². The third-order valence-corrected chi connectivity index (χ3v) is 6.31. The Bertz CT molecular complexity index is 747. The maximum atomic E-state index is 12.5. The normalized spacial score (nSPS) is 19.9. The van der Waals surface area contributed by atoms with Gasteiger partial charge in [-0.2, -0.15) is 5.26 Å². The average molecular weight is 391 g/mol. The van der Waals surface area contributed by atoms with Crippen LogP contribution < -0.4 is 5.32 Å². The number of amides is 2. The summed E-state index contributed by atoms with van der Waals surface area (Å²) in [4.78, 5) is 29.1. The van der Waals surface area contributed by atoms with Gasteiger partial charge in [-0.15, -0.1) is 11.3 Å². The van der Waals surface area contributed by atoms with E-state index in [2.05, 4.69) is 18.3 Å². The molecule has 0 spiro atoms. The van der Waals surface area contributed by atoms with Gasteiger partial charge in [-0.25, -0.2) is 4.79 Å². The van der Waals surface area contributed by atoms with E-state index >= 15 is 0 Å². The summed E-state index contributed by atoms with van der Waals surface area (Å²) in [6, 6.07) is 2.28. The molecule has 0 bridgehead atoms. The van der Waals surface area contributed by atoms with Crippen molar-refractivity contribution in [3.63, 3.8) is 0 Å². The largest absolute Gasteiger partial charge is 0.450 e. The third-order valence-electron chi connectivity index (χ3n) is 5.14. The number of nitrogens with zero attached hydrogens (tertiary/aromatic N) is 3. The molecule has 0 unspecified atom stereocenters. The van der Waals surface area contributed by atoms with Crippen molar-refractivity contribution in [2.75, 3.05) is 44.6 Å². The summed E-state index contributed by atoms with van der Waals surface area (Å²) >= 11 is 1.55. The Hall–Kier alpha value is -2.11. The van der Waals surface area contributed by atoms with E-state index in [1.54, 1.807) is 23.2 Å². The van der Waals surface area contributed by atoms with Gasteiger partial charge in [0.15, 0.2) is 0 Å². The summed E-state index contributed by atoms with van der Waals surface area (Å²) in [5, 5.41) is 13.2. The van der Waals surface area contributed by atoms with Crippen molar-refractivity contribution in [1.82, 2.24) is 9.80 Å². The highest BCUT2D eigenvalue weighted by atomic mass is 32.1. The molecule has 2 heterocycles. The molecule has 2 amide bonds. The molecule has 0 saturated carbocycles. The molecule has 1 N–H and O–H groups in total.